The van der Waals surface area contributed by atoms with Gasteiger partial charge in [-0.05, 0) is 34.7 Å². The van der Waals surface area contributed by atoms with Gasteiger partial charge in [0.15, 0.2) is 7.97 Å². The highest BCUT2D eigenvalue weighted by Gasteiger charge is 2.29. The predicted molar refractivity (Wildman–Crippen MR) is 72.3 cm³/mol. The van der Waals surface area contributed by atoms with Gasteiger partial charge in [-0.1, -0.05) is 47.8 Å². The van der Waals surface area contributed by atoms with Gasteiger partial charge in [0.1, 0.15) is 0 Å². The SMILES string of the molecule is N#Cc1ccc(-n2nnnc2C(Br)(Br)Br)cc1. The zero-order chi connectivity index (χ0) is 12.5. The summed E-state index contributed by atoms with van der Waals surface area (Å²) >= 11 is 10.1. The highest BCUT2D eigenvalue weighted by molar-refractivity contribution is 9.38. The van der Waals surface area contributed by atoms with Gasteiger partial charge in [-0.25, -0.2) is 0 Å². The van der Waals surface area contributed by atoms with E-state index in [4.69, 9.17) is 5.26 Å². The van der Waals surface area contributed by atoms with E-state index in [1.54, 1.807) is 28.9 Å². The molecule has 0 aliphatic heterocycles. The molecule has 0 atom stereocenters. The summed E-state index contributed by atoms with van der Waals surface area (Å²) in [6.07, 6.45) is 0. The molecule has 8 heteroatoms. The number of benzene rings is 1. The molecule has 0 fully saturated rings. The fraction of sp³-hybridized carbons (Fsp3) is 0.111. The smallest absolute Gasteiger partial charge is 0.194 e. The van der Waals surface area contributed by atoms with Crippen LogP contribution in [0.15, 0.2) is 24.3 Å². The number of tetrazole rings is 1. The van der Waals surface area contributed by atoms with Crippen molar-refractivity contribution in [3.63, 3.8) is 0 Å². The number of hydrogen-bond donors (Lipinski definition) is 0. The molecular weight excluding hydrogens is 418 g/mol. The molecule has 0 bridgehead atoms. The average Bonchev–Trinajstić information content (AvgIpc) is 2.78. The third-order valence-corrected chi connectivity index (χ3v) is 3.03. The minimum atomic E-state index is -0.690. The molecule has 0 spiro atoms. The van der Waals surface area contributed by atoms with Crippen LogP contribution in [0.4, 0.5) is 0 Å². The second-order valence-electron chi connectivity index (χ2n) is 3.07. The van der Waals surface area contributed by atoms with Crippen LogP contribution >= 0.6 is 47.8 Å². The quantitative estimate of drug-likeness (QED) is 0.664. The lowest BCUT2D eigenvalue weighted by atomic mass is 10.2. The molecular formula is C9H4Br3N5. The summed E-state index contributed by atoms with van der Waals surface area (Å²) in [5.41, 5.74) is 1.36. The van der Waals surface area contributed by atoms with E-state index in [9.17, 15) is 0 Å². The van der Waals surface area contributed by atoms with Crippen molar-refractivity contribution in [2.75, 3.05) is 0 Å². The second-order valence-corrected chi connectivity index (χ2v) is 9.83. The molecule has 0 unspecified atom stereocenters. The van der Waals surface area contributed by atoms with Gasteiger partial charge in [-0.3, -0.25) is 0 Å². The van der Waals surface area contributed by atoms with Crippen LogP contribution in [0.25, 0.3) is 5.69 Å². The van der Waals surface area contributed by atoms with Crippen LogP contribution in [0.3, 0.4) is 0 Å². The lowest BCUT2D eigenvalue weighted by molar-refractivity contribution is 0.775. The summed E-state index contributed by atoms with van der Waals surface area (Å²) in [5, 5.41) is 20.1. The minimum absolute atomic E-state index is 0.544. The Balaban J connectivity index is 2.47. The molecule has 0 N–H and O–H groups in total. The number of nitriles is 1. The van der Waals surface area contributed by atoms with Crippen LogP contribution in [0, 0.1) is 11.3 Å². The van der Waals surface area contributed by atoms with E-state index in [2.05, 4.69) is 69.4 Å². The number of nitrogens with zero attached hydrogens (tertiary/aromatic N) is 5. The van der Waals surface area contributed by atoms with Crippen molar-refractivity contribution in [1.29, 1.82) is 5.26 Å². The van der Waals surface area contributed by atoms with Gasteiger partial charge < -0.3 is 0 Å². The molecule has 1 heterocycles. The first kappa shape index (κ1) is 12.7. The van der Waals surface area contributed by atoms with Crippen molar-refractivity contribution in [2.45, 2.75) is 2.14 Å². The molecule has 0 amide bonds. The predicted octanol–water partition coefficient (Wildman–Crippen LogP) is 2.83. The minimum Gasteiger partial charge on any atom is -0.194 e. The second kappa shape index (κ2) is 4.84. The summed E-state index contributed by atoms with van der Waals surface area (Å²) in [6.45, 7) is 0. The van der Waals surface area contributed by atoms with E-state index in [0.717, 1.165) is 5.69 Å². The van der Waals surface area contributed by atoms with Crippen molar-refractivity contribution in [3.05, 3.63) is 35.7 Å². The van der Waals surface area contributed by atoms with Gasteiger partial charge >= 0.3 is 0 Å². The molecule has 0 radical (unpaired) electrons. The maximum atomic E-state index is 8.72. The molecule has 2 aromatic rings. The van der Waals surface area contributed by atoms with Crippen LogP contribution in [0.5, 0.6) is 0 Å². The van der Waals surface area contributed by atoms with Crippen LogP contribution in [-0.2, 0) is 2.14 Å². The Bertz CT molecular complexity index is 564. The zero-order valence-corrected chi connectivity index (χ0v) is 12.9. The van der Waals surface area contributed by atoms with Crippen molar-refractivity contribution in [1.82, 2.24) is 20.2 Å². The number of alkyl halides is 3. The molecule has 2 rings (SSSR count). The summed E-state index contributed by atoms with van der Waals surface area (Å²) in [4.78, 5) is 0. The van der Waals surface area contributed by atoms with Crippen molar-refractivity contribution in [3.8, 4) is 11.8 Å². The Labute approximate surface area is 122 Å². The number of aromatic nitrogens is 4. The third-order valence-electron chi connectivity index (χ3n) is 1.96. The summed E-state index contributed by atoms with van der Waals surface area (Å²) < 4.78 is 0.865. The van der Waals surface area contributed by atoms with Crippen LogP contribution in [-0.4, -0.2) is 20.2 Å². The van der Waals surface area contributed by atoms with Gasteiger partial charge in [0.05, 0.1) is 17.3 Å². The van der Waals surface area contributed by atoms with Gasteiger partial charge in [-0.2, -0.15) is 9.94 Å². The molecule has 0 saturated carbocycles. The average molecular weight is 422 g/mol. The zero-order valence-electron chi connectivity index (χ0n) is 8.18. The Hall–Kier alpha value is -0.780. The summed E-state index contributed by atoms with van der Waals surface area (Å²) in [6, 6.07) is 9.02. The van der Waals surface area contributed by atoms with Gasteiger partial charge in [-0.15, -0.1) is 5.10 Å². The first-order valence-corrected chi connectivity index (χ1v) is 6.76. The number of hydrogen-bond acceptors (Lipinski definition) is 4. The van der Waals surface area contributed by atoms with E-state index < -0.39 is 2.14 Å². The fourth-order valence-corrected chi connectivity index (χ4v) is 1.96. The van der Waals surface area contributed by atoms with Crippen LogP contribution < -0.4 is 0 Å². The van der Waals surface area contributed by atoms with Crippen LogP contribution in [0.2, 0.25) is 0 Å². The Kier molecular flexibility index (Phi) is 3.61. The monoisotopic (exact) mass is 419 g/mol. The first-order valence-electron chi connectivity index (χ1n) is 4.38. The number of halogens is 3. The van der Waals surface area contributed by atoms with E-state index in [0.29, 0.717) is 11.4 Å². The number of rotatable bonds is 1. The molecule has 17 heavy (non-hydrogen) atoms. The lowest BCUT2D eigenvalue weighted by Crippen LogP contribution is -2.10. The van der Waals surface area contributed by atoms with Crippen molar-refractivity contribution >= 4 is 47.8 Å². The van der Waals surface area contributed by atoms with Gasteiger partial charge in [0.2, 0.25) is 0 Å². The normalized spacial score (nSPS) is 11.2. The summed E-state index contributed by atoms with van der Waals surface area (Å²) in [7, 11) is 0. The maximum Gasteiger partial charge on any atom is 0.196 e. The Morgan fingerprint density at radius 1 is 1.18 bits per heavy atom. The molecule has 0 aliphatic carbocycles. The van der Waals surface area contributed by atoms with E-state index in [1.165, 1.54) is 0 Å². The Morgan fingerprint density at radius 3 is 2.35 bits per heavy atom. The van der Waals surface area contributed by atoms with Crippen molar-refractivity contribution < 1.29 is 0 Å². The third kappa shape index (κ3) is 2.73. The van der Waals surface area contributed by atoms with Gasteiger partial charge in [0, 0.05) is 0 Å². The summed E-state index contributed by atoms with van der Waals surface area (Å²) in [5.74, 6) is 0.544. The molecule has 86 valence electrons. The van der Waals surface area contributed by atoms with E-state index in [-0.39, 0.29) is 0 Å². The van der Waals surface area contributed by atoms with E-state index in [1.807, 2.05) is 0 Å². The molecule has 0 aliphatic rings. The van der Waals surface area contributed by atoms with Crippen molar-refractivity contribution in [2.24, 2.45) is 0 Å². The highest BCUT2D eigenvalue weighted by Crippen LogP contribution is 2.43. The standard InChI is InChI=1S/C9H4Br3N5/c10-9(11,12)8-14-15-16-17(8)7-3-1-6(5-13)2-4-7/h1-4H. The molecule has 1 aromatic carbocycles. The lowest BCUT2D eigenvalue weighted by Gasteiger charge is -2.11. The Morgan fingerprint density at radius 2 is 1.82 bits per heavy atom. The largest absolute Gasteiger partial charge is 0.196 e. The molecule has 0 saturated heterocycles. The fourth-order valence-electron chi connectivity index (χ4n) is 1.21. The molecule has 5 nitrogen and oxygen atoms in total. The van der Waals surface area contributed by atoms with Crippen LogP contribution in [0.1, 0.15) is 11.4 Å². The first-order chi connectivity index (χ1) is 8.02. The highest BCUT2D eigenvalue weighted by atomic mass is 80.0. The van der Waals surface area contributed by atoms with E-state index >= 15 is 0 Å². The molecule has 1 aromatic heterocycles. The van der Waals surface area contributed by atoms with Gasteiger partial charge in [0.25, 0.3) is 0 Å². The topological polar surface area (TPSA) is 67.4 Å². The maximum absolute atomic E-state index is 8.72.